The van der Waals surface area contributed by atoms with Crippen LogP contribution in [-0.2, 0) is 0 Å². The van der Waals surface area contributed by atoms with Crippen molar-refractivity contribution in [1.82, 2.24) is 9.80 Å². The molecule has 2 fully saturated rings. The van der Waals surface area contributed by atoms with Gasteiger partial charge in [0, 0.05) is 45.1 Å². The van der Waals surface area contributed by atoms with Crippen LogP contribution in [0.3, 0.4) is 0 Å². The molecule has 0 N–H and O–H groups in total. The smallest absolute Gasteiger partial charge is 0.261 e. The van der Waals surface area contributed by atoms with Crippen LogP contribution in [0.5, 0.6) is 0 Å². The third-order valence-electron chi connectivity index (χ3n) is 9.95. The van der Waals surface area contributed by atoms with Crippen molar-refractivity contribution in [2.45, 2.75) is 78.3 Å². The molecule has 6 rings (SSSR count). The number of amides is 4. The fourth-order valence-corrected chi connectivity index (χ4v) is 7.35. The minimum Gasteiger partial charge on any atom is -0.271 e. The lowest BCUT2D eigenvalue weighted by Crippen LogP contribution is -2.53. The summed E-state index contributed by atoms with van der Waals surface area (Å²) in [5.74, 6) is 0.0895. The number of carbonyl (C=O) groups is 4. The average Bonchev–Trinajstić information content (AvgIpc) is 2.86. The number of imide groups is 2. The summed E-state index contributed by atoms with van der Waals surface area (Å²) in [5.41, 5.74) is 1.68. The molecule has 2 aromatic rings. The maximum Gasteiger partial charge on any atom is 0.261 e. The minimum absolute atomic E-state index is 0.141. The van der Waals surface area contributed by atoms with Crippen LogP contribution in [0.4, 0.5) is 0 Å². The first-order valence-corrected chi connectivity index (χ1v) is 13.6. The van der Waals surface area contributed by atoms with E-state index in [2.05, 4.69) is 27.7 Å². The summed E-state index contributed by atoms with van der Waals surface area (Å²) in [6.07, 6.45) is 5.80. The quantitative estimate of drug-likeness (QED) is 0.512. The Balaban J connectivity index is 1.47. The Kier molecular flexibility index (Phi) is 5.36. The summed E-state index contributed by atoms with van der Waals surface area (Å²) in [5, 5.41) is 0.943. The molecule has 0 unspecified atom stereocenters. The summed E-state index contributed by atoms with van der Waals surface area (Å²) in [4.78, 5) is 58.0. The maximum atomic E-state index is 13.8. The van der Waals surface area contributed by atoms with Gasteiger partial charge in [-0.3, -0.25) is 29.0 Å². The van der Waals surface area contributed by atoms with Crippen molar-refractivity contribution in [3.8, 4) is 0 Å². The molecule has 4 aliphatic rings. The van der Waals surface area contributed by atoms with E-state index in [0.717, 1.165) is 38.5 Å². The van der Waals surface area contributed by atoms with Crippen LogP contribution in [0.1, 0.15) is 108 Å². The summed E-state index contributed by atoms with van der Waals surface area (Å²) >= 11 is 0. The van der Waals surface area contributed by atoms with Gasteiger partial charge in [0.05, 0.1) is 0 Å². The minimum atomic E-state index is -0.306. The molecule has 2 aromatic carbocycles. The van der Waals surface area contributed by atoms with Crippen molar-refractivity contribution in [3.63, 3.8) is 0 Å². The van der Waals surface area contributed by atoms with Gasteiger partial charge in [-0.2, -0.15) is 0 Å². The van der Waals surface area contributed by atoms with E-state index in [4.69, 9.17) is 0 Å². The summed E-state index contributed by atoms with van der Waals surface area (Å²) in [7, 11) is 0. The molecule has 0 radical (unpaired) electrons. The lowest BCUT2D eigenvalue weighted by molar-refractivity contribution is 0.0365. The highest BCUT2D eigenvalue weighted by atomic mass is 16.2. The number of benzene rings is 2. The van der Waals surface area contributed by atoms with E-state index >= 15 is 0 Å². The summed E-state index contributed by atoms with van der Waals surface area (Å²) < 4.78 is 0. The molecule has 2 heterocycles. The van der Waals surface area contributed by atoms with Gasteiger partial charge in [-0.05, 0) is 60.8 Å². The normalized spacial score (nSPS) is 32.4. The molecule has 2 aliphatic heterocycles. The van der Waals surface area contributed by atoms with Crippen LogP contribution < -0.4 is 0 Å². The van der Waals surface area contributed by atoms with Gasteiger partial charge in [0.2, 0.25) is 0 Å². The molecule has 188 valence electrons. The van der Waals surface area contributed by atoms with Crippen LogP contribution in [-0.4, -0.2) is 45.5 Å². The SMILES string of the molecule is C[C@@H]1[C@H](N2C(=O)c3ccc4c5c(ccc(c35)C2=O)C(=O)N([C@H]2CCC[C@@H](C)[C@@H]2C)C4=O)CCC[C@@H]1C. The number of hydrogen-bond donors (Lipinski definition) is 0. The van der Waals surface area contributed by atoms with E-state index in [1.807, 2.05) is 0 Å². The zero-order valence-corrected chi connectivity index (χ0v) is 21.5. The Labute approximate surface area is 212 Å². The number of rotatable bonds is 2. The molecular formula is C30H34N2O4. The second kappa shape index (κ2) is 8.25. The van der Waals surface area contributed by atoms with E-state index in [1.54, 1.807) is 24.3 Å². The van der Waals surface area contributed by atoms with Gasteiger partial charge in [0.15, 0.2) is 0 Å². The van der Waals surface area contributed by atoms with Crippen LogP contribution in [0.25, 0.3) is 10.8 Å². The molecule has 2 saturated carbocycles. The molecule has 0 aromatic heterocycles. The highest BCUT2D eigenvalue weighted by Gasteiger charge is 2.46. The molecule has 6 nitrogen and oxygen atoms in total. The monoisotopic (exact) mass is 486 g/mol. The van der Waals surface area contributed by atoms with Crippen molar-refractivity contribution in [3.05, 3.63) is 46.5 Å². The van der Waals surface area contributed by atoms with E-state index in [0.29, 0.717) is 44.9 Å². The topological polar surface area (TPSA) is 74.8 Å². The molecule has 4 amide bonds. The number of hydrogen-bond acceptors (Lipinski definition) is 4. The predicted octanol–water partition coefficient (Wildman–Crippen LogP) is 5.68. The maximum absolute atomic E-state index is 13.8. The Bertz CT molecular complexity index is 1160. The molecule has 6 heteroatoms. The largest absolute Gasteiger partial charge is 0.271 e. The molecule has 2 aliphatic carbocycles. The van der Waals surface area contributed by atoms with Crippen molar-refractivity contribution >= 4 is 34.4 Å². The van der Waals surface area contributed by atoms with Gasteiger partial charge in [0.25, 0.3) is 23.6 Å². The third-order valence-corrected chi connectivity index (χ3v) is 9.95. The number of carbonyl (C=O) groups excluding carboxylic acids is 4. The first-order chi connectivity index (χ1) is 17.2. The fraction of sp³-hybridized carbons (Fsp3) is 0.533. The van der Waals surface area contributed by atoms with Gasteiger partial charge < -0.3 is 0 Å². The Morgan fingerprint density at radius 3 is 1.14 bits per heavy atom. The second-order valence-corrected chi connectivity index (χ2v) is 11.7. The third kappa shape index (κ3) is 3.09. The Hall–Kier alpha value is -3.02. The van der Waals surface area contributed by atoms with Crippen LogP contribution in [0.15, 0.2) is 24.3 Å². The Morgan fingerprint density at radius 2 is 0.833 bits per heavy atom. The standard InChI is InChI=1S/C30H34N2O4/c1-15-7-5-9-23(17(15)3)31-27(33)19-11-13-21-26-22(14-12-20(25(19)26)28(31)34)30(36)32(29(21)35)24-10-6-8-16(2)18(24)4/h11-18,23-24H,5-10H2,1-4H3/t15-,16+,17-,18-,23+,24-/m0/s1. The molecule has 0 saturated heterocycles. The van der Waals surface area contributed by atoms with Crippen molar-refractivity contribution in [1.29, 1.82) is 0 Å². The van der Waals surface area contributed by atoms with Gasteiger partial charge in [0.1, 0.15) is 0 Å². The van der Waals surface area contributed by atoms with E-state index in [9.17, 15) is 19.2 Å². The predicted molar refractivity (Wildman–Crippen MR) is 137 cm³/mol. The zero-order valence-electron chi connectivity index (χ0n) is 21.5. The first-order valence-electron chi connectivity index (χ1n) is 13.6. The zero-order chi connectivity index (χ0) is 25.5. The molecular weight excluding hydrogens is 452 g/mol. The lowest BCUT2D eigenvalue weighted by Gasteiger charge is -2.43. The van der Waals surface area contributed by atoms with Crippen LogP contribution in [0, 0.1) is 23.7 Å². The van der Waals surface area contributed by atoms with Crippen molar-refractivity contribution in [2.24, 2.45) is 23.7 Å². The van der Waals surface area contributed by atoms with E-state index < -0.39 is 0 Å². The summed E-state index contributed by atoms with van der Waals surface area (Å²) in [6, 6.07) is 6.51. The first kappa shape index (κ1) is 23.4. The van der Waals surface area contributed by atoms with Crippen LogP contribution in [0.2, 0.25) is 0 Å². The summed E-state index contributed by atoms with van der Waals surface area (Å²) in [6.45, 7) is 8.63. The highest BCUT2D eigenvalue weighted by molar-refractivity contribution is 6.33. The Morgan fingerprint density at radius 1 is 0.528 bits per heavy atom. The van der Waals surface area contributed by atoms with Crippen LogP contribution >= 0.6 is 0 Å². The van der Waals surface area contributed by atoms with Gasteiger partial charge in [-0.1, -0.05) is 53.4 Å². The van der Waals surface area contributed by atoms with E-state index in [1.165, 1.54) is 9.80 Å². The average molecular weight is 487 g/mol. The molecule has 36 heavy (non-hydrogen) atoms. The lowest BCUT2D eigenvalue weighted by atomic mass is 9.75. The number of nitrogens with zero attached hydrogens (tertiary/aromatic N) is 2. The fourth-order valence-electron chi connectivity index (χ4n) is 7.35. The highest BCUT2D eigenvalue weighted by Crippen LogP contribution is 2.43. The molecule has 6 atom stereocenters. The van der Waals surface area contributed by atoms with Crippen molar-refractivity contribution < 1.29 is 19.2 Å². The second-order valence-electron chi connectivity index (χ2n) is 11.7. The van der Waals surface area contributed by atoms with E-state index in [-0.39, 0.29) is 47.5 Å². The molecule has 0 bridgehead atoms. The van der Waals surface area contributed by atoms with Crippen molar-refractivity contribution in [2.75, 3.05) is 0 Å². The van der Waals surface area contributed by atoms with Gasteiger partial charge >= 0.3 is 0 Å². The van der Waals surface area contributed by atoms with Gasteiger partial charge in [-0.25, -0.2) is 0 Å². The van der Waals surface area contributed by atoms with Gasteiger partial charge in [-0.15, -0.1) is 0 Å². The molecule has 0 spiro atoms.